The van der Waals surface area contributed by atoms with Crippen LogP contribution in [0.2, 0.25) is 0 Å². The SMILES string of the molecule is Cc1cc(-n2c(C)cc(C(=O)NCCc3ccccn3)c2C)no1. The van der Waals surface area contributed by atoms with Gasteiger partial charge >= 0.3 is 0 Å². The highest BCUT2D eigenvalue weighted by atomic mass is 16.5. The third-order valence-electron chi connectivity index (χ3n) is 3.91. The molecule has 0 spiro atoms. The minimum Gasteiger partial charge on any atom is -0.360 e. The summed E-state index contributed by atoms with van der Waals surface area (Å²) in [6.07, 6.45) is 2.46. The van der Waals surface area contributed by atoms with Crippen LogP contribution in [-0.2, 0) is 6.42 Å². The molecule has 124 valence electrons. The van der Waals surface area contributed by atoms with Crippen molar-refractivity contribution in [3.05, 3.63) is 64.9 Å². The van der Waals surface area contributed by atoms with E-state index in [2.05, 4.69) is 15.5 Å². The van der Waals surface area contributed by atoms with Crippen molar-refractivity contribution in [2.24, 2.45) is 0 Å². The van der Waals surface area contributed by atoms with Crippen molar-refractivity contribution in [2.75, 3.05) is 6.54 Å². The van der Waals surface area contributed by atoms with Crippen molar-refractivity contribution < 1.29 is 9.32 Å². The van der Waals surface area contributed by atoms with Crippen LogP contribution in [0, 0.1) is 20.8 Å². The molecule has 0 saturated carbocycles. The summed E-state index contributed by atoms with van der Waals surface area (Å²) >= 11 is 0. The number of carbonyl (C=O) groups excluding carboxylic acids is 1. The van der Waals surface area contributed by atoms with Gasteiger partial charge in [0.25, 0.3) is 5.91 Å². The molecule has 3 aromatic rings. The maximum Gasteiger partial charge on any atom is 0.253 e. The lowest BCUT2D eigenvalue weighted by Crippen LogP contribution is -2.26. The molecule has 6 nitrogen and oxygen atoms in total. The van der Waals surface area contributed by atoms with E-state index in [0.29, 0.717) is 24.3 Å². The molecule has 0 aliphatic heterocycles. The largest absolute Gasteiger partial charge is 0.360 e. The maximum atomic E-state index is 12.5. The highest BCUT2D eigenvalue weighted by molar-refractivity contribution is 5.95. The fourth-order valence-electron chi connectivity index (χ4n) is 2.75. The second-order valence-corrected chi connectivity index (χ2v) is 5.74. The van der Waals surface area contributed by atoms with Crippen molar-refractivity contribution in [1.82, 2.24) is 20.0 Å². The van der Waals surface area contributed by atoms with Crippen molar-refractivity contribution >= 4 is 5.91 Å². The molecule has 0 aliphatic carbocycles. The third kappa shape index (κ3) is 3.22. The minimum absolute atomic E-state index is 0.0921. The van der Waals surface area contributed by atoms with E-state index in [4.69, 9.17) is 4.52 Å². The Labute approximate surface area is 140 Å². The molecule has 1 N–H and O–H groups in total. The molecular formula is C18H20N4O2. The molecule has 0 saturated heterocycles. The minimum atomic E-state index is -0.0921. The molecule has 0 fully saturated rings. The number of hydrogen-bond donors (Lipinski definition) is 1. The van der Waals surface area contributed by atoms with Gasteiger partial charge in [0.05, 0.1) is 5.56 Å². The Kier molecular flexibility index (Phi) is 4.46. The van der Waals surface area contributed by atoms with Gasteiger partial charge in [0.15, 0.2) is 5.82 Å². The van der Waals surface area contributed by atoms with Gasteiger partial charge in [-0.25, -0.2) is 0 Å². The summed E-state index contributed by atoms with van der Waals surface area (Å²) < 4.78 is 7.05. The number of pyridine rings is 1. The smallest absolute Gasteiger partial charge is 0.253 e. The van der Waals surface area contributed by atoms with E-state index >= 15 is 0 Å². The Morgan fingerprint density at radius 3 is 2.75 bits per heavy atom. The Morgan fingerprint density at radius 2 is 2.08 bits per heavy atom. The summed E-state index contributed by atoms with van der Waals surface area (Å²) in [6, 6.07) is 9.49. The van der Waals surface area contributed by atoms with E-state index in [1.54, 1.807) is 6.20 Å². The van der Waals surface area contributed by atoms with Crippen LogP contribution in [0.15, 0.2) is 41.1 Å². The lowest BCUT2D eigenvalue weighted by Gasteiger charge is -2.06. The van der Waals surface area contributed by atoms with Crippen LogP contribution < -0.4 is 5.32 Å². The van der Waals surface area contributed by atoms with Gasteiger partial charge in [-0.15, -0.1) is 0 Å². The van der Waals surface area contributed by atoms with Gasteiger partial charge in [-0.3, -0.25) is 14.3 Å². The Balaban J connectivity index is 1.71. The second-order valence-electron chi connectivity index (χ2n) is 5.74. The first-order chi connectivity index (χ1) is 11.6. The van der Waals surface area contributed by atoms with Crippen molar-refractivity contribution in [3.63, 3.8) is 0 Å². The van der Waals surface area contributed by atoms with E-state index in [-0.39, 0.29) is 5.91 Å². The average molecular weight is 324 g/mol. The number of rotatable bonds is 5. The van der Waals surface area contributed by atoms with Crippen LogP contribution in [0.1, 0.15) is 33.2 Å². The van der Waals surface area contributed by atoms with E-state index in [1.807, 2.05) is 55.7 Å². The average Bonchev–Trinajstić information content (AvgIpc) is 3.11. The number of aryl methyl sites for hydroxylation is 2. The zero-order valence-corrected chi connectivity index (χ0v) is 14.0. The molecule has 0 bridgehead atoms. The Morgan fingerprint density at radius 1 is 1.25 bits per heavy atom. The Hall–Kier alpha value is -2.89. The molecule has 0 radical (unpaired) electrons. The van der Waals surface area contributed by atoms with Gasteiger partial charge in [-0.1, -0.05) is 11.2 Å². The predicted octanol–water partition coefficient (Wildman–Crippen LogP) is 2.76. The lowest BCUT2D eigenvalue weighted by atomic mass is 10.2. The lowest BCUT2D eigenvalue weighted by molar-refractivity contribution is 0.0953. The van der Waals surface area contributed by atoms with E-state index in [0.717, 1.165) is 22.8 Å². The number of amides is 1. The van der Waals surface area contributed by atoms with Crippen LogP contribution in [0.4, 0.5) is 0 Å². The highest BCUT2D eigenvalue weighted by Crippen LogP contribution is 2.20. The van der Waals surface area contributed by atoms with Crippen LogP contribution in [-0.4, -0.2) is 27.2 Å². The molecule has 0 unspecified atom stereocenters. The first-order valence-corrected chi connectivity index (χ1v) is 7.87. The van der Waals surface area contributed by atoms with Crippen LogP contribution >= 0.6 is 0 Å². The fourth-order valence-corrected chi connectivity index (χ4v) is 2.75. The van der Waals surface area contributed by atoms with E-state index in [1.165, 1.54) is 0 Å². The van der Waals surface area contributed by atoms with Gasteiger partial charge in [0.1, 0.15) is 5.76 Å². The molecule has 1 amide bonds. The Bertz CT molecular complexity index is 849. The van der Waals surface area contributed by atoms with Crippen LogP contribution in [0.25, 0.3) is 5.82 Å². The molecule has 0 atom stereocenters. The normalized spacial score (nSPS) is 10.8. The summed E-state index contributed by atoms with van der Waals surface area (Å²) in [5.41, 5.74) is 3.39. The number of aromatic nitrogens is 3. The van der Waals surface area contributed by atoms with Crippen LogP contribution in [0.3, 0.4) is 0 Å². The predicted molar refractivity (Wildman–Crippen MR) is 90.3 cm³/mol. The molecule has 3 aromatic heterocycles. The highest BCUT2D eigenvalue weighted by Gasteiger charge is 2.18. The summed E-state index contributed by atoms with van der Waals surface area (Å²) in [4.78, 5) is 16.7. The maximum absolute atomic E-state index is 12.5. The monoisotopic (exact) mass is 324 g/mol. The number of hydrogen-bond acceptors (Lipinski definition) is 4. The molecule has 0 aromatic carbocycles. The first kappa shape index (κ1) is 16.0. The molecule has 3 rings (SSSR count). The van der Waals surface area contributed by atoms with Crippen molar-refractivity contribution in [2.45, 2.75) is 27.2 Å². The first-order valence-electron chi connectivity index (χ1n) is 7.87. The number of nitrogens with one attached hydrogen (secondary N) is 1. The number of nitrogens with zero attached hydrogens (tertiary/aromatic N) is 3. The molecule has 3 heterocycles. The summed E-state index contributed by atoms with van der Waals surface area (Å²) in [5.74, 6) is 1.33. The summed E-state index contributed by atoms with van der Waals surface area (Å²) in [6.45, 7) is 6.24. The standard InChI is InChI=1S/C18H20N4O2/c1-12-10-16(14(3)22(12)17-11-13(2)24-21-17)18(23)20-9-7-15-6-4-5-8-19-15/h4-6,8,10-11H,7,9H2,1-3H3,(H,20,23). The molecule has 24 heavy (non-hydrogen) atoms. The van der Waals surface area contributed by atoms with Gasteiger partial charge in [-0.2, -0.15) is 0 Å². The van der Waals surface area contributed by atoms with Gasteiger partial charge in [-0.05, 0) is 39.0 Å². The second kappa shape index (κ2) is 6.70. The summed E-state index contributed by atoms with van der Waals surface area (Å²) in [7, 11) is 0. The van der Waals surface area contributed by atoms with E-state index < -0.39 is 0 Å². The van der Waals surface area contributed by atoms with Gasteiger partial charge in [0.2, 0.25) is 0 Å². The summed E-state index contributed by atoms with van der Waals surface area (Å²) in [5, 5.41) is 6.98. The zero-order valence-electron chi connectivity index (χ0n) is 14.0. The van der Waals surface area contributed by atoms with Crippen molar-refractivity contribution in [3.8, 4) is 5.82 Å². The molecular weight excluding hydrogens is 304 g/mol. The van der Waals surface area contributed by atoms with Gasteiger partial charge < -0.3 is 9.84 Å². The molecule has 0 aliphatic rings. The zero-order chi connectivity index (χ0) is 17.1. The fraction of sp³-hybridized carbons (Fsp3) is 0.278. The van der Waals surface area contributed by atoms with Gasteiger partial charge in [0, 0.05) is 42.3 Å². The number of carbonyl (C=O) groups is 1. The van der Waals surface area contributed by atoms with E-state index in [9.17, 15) is 4.79 Å². The molecule has 6 heteroatoms. The quantitative estimate of drug-likeness (QED) is 0.783. The van der Waals surface area contributed by atoms with Crippen LogP contribution in [0.5, 0.6) is 0 Å². The van der Waals surface area contributed by atoms with Crippen molar-refractivity contribution in [1.29, 1.82) is 0 Å². The topological polar surface area (TPSA) is 73.0 Å². The third-order valence-corrected chi connectivity index (χ3v) is 3.91.